The lowest BCUT2D eigenvalue weighted by Gasteiger charge is -2.61. The minimum Gasteiger partial charge on any atom is -0.455 e. The van der Waals surface area contributed by atoms with Gasteiger partial charge in [0.15, 0.2) is 0 Å². The van der Waals surface area contributed by atoms with Crippen molar-refractivity contribution in [3.8, 4) is 55.6 Å². The number of benzene rings is 9. The normalized spacial score (nSPS) is 21.1. The van der Waals surface area contributed by atoms with Gasteiger partial charge in [0.05, 0.1) is 17.1 Å². The lowest BCUT2D eigenvalue weighted by molar-refractivity contribution is -0.0399. The van der Waals surface area contributed by atoms with Gasteiger partial charge in [-0.25, -0.2) is 0 Å². The summed E-state index contributed by atoms with van der Waals surface area (Å²) in [6.45, 7) is 0. The Morgan fingerprint density at radius 1 is 0.348 bits per heavy atom. The second-order valence-electron chi connectivity index (χ2n) is 19.5. The van der Waals surface area contributed by atoms with Crippen LogP contribution in [0.4, 0.5) is 17.1 Å². The van der Waals surface area contributed by atoms with Crippen LogP contribution in [0.5, 0.6) is 0 Å². The van der Waals surface area contributed by atoms with Crippen LogP contribution in [0, 0.1) is 23.7 Å². The molecule has 0 N–H and O–H groups in total. The van der Waals surface area contributed by atoms with E-state index < -0.39 is 0 Å². The fourth-order valence-corrected chi connectivity index (χ4v) is 14.1. The molecule has 10 aromatic rings. The Balaban J connectivity index is 1.05. The highest BCUT2D eigenvalue weighted by Crippen LogP contribution is 2.70. The molecule has 9 aromatic carbocycles. The summed E-state index contributed by atoms with van der Waals surface area (Å²) in [6.07, 6.45) is 6.84. The number of hydrogen-bond donors (Lipinski definition) is 0. The molecule has 0 amide bonds. The van der Waals surface area contributed by atoms with Gasteiger partial charge in [0.2, 0.25) is 0 Å². The third-order valence-electron chi connectivity index (χ3n) is 16.3. The van der Waals surface area contributed by atoms with Gasteiger partial charge in [-0.2, -0.15) is 0 Å². The van der Waals surface area contributed by atoms with Crippen LogP contribution in [0.15, 0.2) is 217 Å². The zero-order valence-electron chi connectivity index (χ0n) is 36.9. The highest BCUT2D eigenvalue weighted by Gasteiger charge is 2.62. The van der Waals surface area contributed by atoms with Crippen LogP contribution in [-0.4, -0.2) is 0 Å². The van der Waals surface area contributed by atoms with Gasteiger partial charge in [-0.05, 0) is 125 Å². The molecule has 4 saturated carbocycles. The highest BCUT2D eigenvalue weighted by atomic mass is 16.3. The van der Waals surface area contributed by atoms with Crippen LogP contribution in [0.3, 0.4) is 0 Å². The smallest absolute Gasteiger partial charge is 0.143 e. The van der Waals surface area contributed by atoms with Crippen molar-refractivity contribution in [3.05, 3.63) is 223 Å². The molecule has 1 heterocycles. The van der Waals surface area contributed by atoms with Crippen molar-refractivity contribution < 1.29 is 4.42 Å². The van der Waals surface area contributed by atoms with Crippen molar-refractivity contribution in [1.29, 1.82) is 0 Å². The number of para-hydroxylation sites is 4. The van der Waals surface area contributed by atoms with Crippen molar-refractivity contribution in [3.63, 3.8) is 0 Å². The van der Waals surface area contributed by atoms with Crippen LogP contribution < -0.4 is 4.90 Å². The lowest BCUT2D eigenvalue weighted by Crippen LogP contribution is -2.55. The molecule has 5 aliphatic carbocycles. The maximum Gasteiger partial charge on any atom is 0.143 e. The van der Waals surface area contributed by atoms with Crippen LogP contribution >= 0.6 is 0 Å². The second kappa shape index (κ2) is 14.8. The molecule has 0 unspecified atom stereocenters. The monoisotopic (exact) mass is 847 g/mol. The summed E-state index contributed by atoms with van der Waals surface area (Å²) >= 11 is 0. The molecular weight excluding hydrogens is 799 g/mol. The molecule has 4 fully saturated rings. The van der Waals surface area contributed by atoms with Crippen LogP contribution in [0.25, 0.3) is 77.6 Å². The number of hydrogen-bond acceptors (Lipinski definition) is 2. The Hall–Kier alpha value is -7.42. The quantitative estimate of drug-likeness (QED) is 0.159. The zero-order chi connectivity index (χ0) is 43.3. The van der Waals surface area contributed by atoms with E-state index in [0.29, 0.717) is 11.8 Å². The fourth-order valence-electron chi connectivity index (χ4n) is 14.1. The van der Waals surface area contributed by atoms with E-state index in [9.17, 15) is 0 Å². The molecule has 5 aliphatic rings. The Morgan fingerprint density at radius 2 is 0.818 bits per heavy atom. The van der Waals surface area contributed by atoms with Crippen molar-refractivity contribution in [1.82, 2.24) is 0 Å². The van der Waals surface area contributed by atoms with E-state index in [4.69, 9.17) is 4.42 Å². The summed E-state index contributed by atoms with van der Waals surface area (Å²) in [5.74, 6) is 3.09. The number of fused-ring (bicyclic) bond motifs is 6. The van der Waals surface area contributed by atoms with E-state index in [2.05, 4.69) is 217 Å². The Labute approximate surface area is 386 Å². The molecular formula is C64H49NO. The summed E-state index contributed by atoms with van der Waals surface area (Å²) in [6, 6.07) is 78.9. The van der Waals surface area contributed by atoms with Crippen molar-refractivity contribution >= 4 is 39.0 Å². The first-order chi connectivity index (χ1) is 32.7. The predicted molar refractivity (Wildman–Crippen MR) is 273 cm³/mol. The summed E-state index contributed by atoms with van der Waals surface area (Å²) in [7, 11) is 0. The number of anilines is 3. The molecule has 4 bridgehead atoms. The second-order valence-corrected chi connectivity index (χ2v) is 19.5. The summed E-state index contributed by atoms with van der Waals surface area (Å²) in [5, 5.41) is 2.27. The first kappa shape index (κ1) is 37.9. The van der Waals surface area contributed by atoms with Gasteiger partial charge in [0, 0.05) is 38.4 Å². The van der Waals surface area contributed by atoms with Crippen molar-refractivity contribution in [2.45, 2.75) is 37.5 Å². The summed E-state index contributed by atoms with van der Waals surface area (Å²) < 4.78 is 6.82. The first-order valence-corrected chi connectivity index (χ1v) is 24.1. The largest absolute Gasteiger partial charge is 0.455 e. The third-order valence-corrected chi connectivity index (χ3v) is 16.3. The van der Waals surface area contributed by atoms with Crippen LogP contribution in [-0.2, 0) is 5.41 Å². The molecule has 0 saturated heterocycles. The van der Waals surface area contributed by atoms with E-state index in [1.54, 1.807) is 11.1 Å². The average molecular weight is 848 g/mol. The van der Waals surface area contributed by atoms with Gasteiger partial charge in [-0.3, -0.25) is 0 Å². The molecule has 2 nitrogen and oxygen atoms in total. The lowest BCUT2D eigenvalue weighted by atomic mass is 9.43. The summed E-state index contributed by atoms with van der Waals surface area (Å²) in [5.41, 5.74) is 20.7. The van der Waals surface area contributed by atoms with Gasteiger partial charge >= 0.3 is 0 Å². The Morgan fingerprint density at radius 3 is 1.53 bits per heavy atom. The zero-order valence-corrected chi connectivity index (χ0v) is 36.9. The number of rotatable bonds is 7. The van der Waals surface area contributed by atoms with E-state index in [1.165, 1.54) is 82.3 Å². The molecule has 1 aromatic heterocycles. The van der Waals surface area contributed by atoms with E-state index in [0.717, 1.165) is 56.3 Å². The highest BCUT2D eigenvalue weighted by molar-refractivity contribution is 6.11. The molecule has 0 atom stereocenters. The average Bonchev–Trinajstić information content (AvgIpc) is 3.91. The Bertz CT molecular complexity index is 3490. The minimum atomic E-state index is 0.0354. The maximum atomic E-state index is 6.82. The number of nitrogens with zero attached hydrogens (tertiary/aromatic N) is 1. The first-order valence-electron chi connectivity index (χ1n) is 24.1. The van der Waals surface area contributed by atoms with Gasteiger partial charge < -0.3 is 9.32 Å². The molecule has 2 heteroatoms. The Kier molecular flexibility index (Phi) is 8.50. The summed E-state index contributed by atoms with van der Waals surface area (Å²) in [4.78, 5) is 2.62. The number of furan rings is 1. The third kappa shape index (κ3) is 5.48. The molecule has 0 aliphatic heterocycles. The fraction of sp³-hybridized carbons (Fsp3) is 0.156. The molecule has 15 rings (SSSR count). The molecule has 316 valence electrons. The van der Waals surface area contributed by atoms with Crippen molar-refractivity contribution in [2.24, 2.45) is 23.7 Å². The molecule has 1 spiro atoms. The standard InChI is InChI=1S/C64H49NO/c1-2-18-43(19-3-1)46-20-4-5-21-47(46)48-22-6-7-23-49(48)50-24-9-13-32-58(50)65(59-33-14-10-25-51(59)53-28-16-29-54-52-26-11-15-35-61(52)66-63(53)54)60-34-17-31-57-62(60)55-27-8-12-30-56(55)64(57)44-37-41-36-42(39-44)40-45(64)38-41/h1-35,41-42,44-45H,36-40H2. The topological polar surface area (TPSA) is 16.4 Å². The minimum absolute atomic E-state index is 0.0354. The van der Waals surface area contributed by atoms with E-state index in [1.807, 2.05) is 0 Å². The SMILES string of the molecule is c1ccc(-c2ccccc2-c2ccccc2-c2ccccc2N(c2ccccc2-c2cccc3c2oc2ccccc23)c2cccc3c2-c2ccccc2C32C3CC4CC(C3)CC2C4)cc1. The predicted octanol–water partition coefficient (Wildman–Crippen LogP) is 17.4. The van der Waals surface area contributed by atoms with Crippen LogP contribution in [0.2, 0.25) is 0 Å². The van der Waals surface area contributed by atoms with E-state index >= 15 is 0 Å². The van der Waals surface area contributed by atoms with Crippen molar-refractivity contribution in [2.75, 3.05) is 4.90 Å². The molecule has 0 radical (unpaired) electrons. The van der Waals surface area contributed by atoms with Gasteiger partial charge in [0.25, 0.3) is 0 Å². The van der Waals surface area contributed by atoms with Crippen LogP contribution in [0.1, 0.15) is 43.2 Å². The van der Waals surface area contributed by atoms with Gasteiger partial charge in [-0.1, -0.05) is 188 Å². The molecule has 66 heavy (non-hydrogen) atoms. The van der Waals surface area contributed by atoms with Gasteiger partial charge in [0.1, 0.15) is 11.2 Å². The maximum absolute atomic E-state index is 6.82. The van der Waals surface area contributed by atoms with Gasteiger partial charge in [-0.15, -0.1) is 0 Å². The van der Waals surface area contributed by atoms with E-state index in [-0.39, 0.29) is 5.41 Å².